The molecule has 1 aliphatic rings. The number of aliphatic hydroxyl groups excluding tert-OH is 1. The van der Waals surface area contributed by atoms with Crippen molar-refractivity contribution >= 4 is 41.5 Å². The Balaban J connectivity index is 1.57. The van der Waals surface area contributed by atoms with Gasteiger partial charge in [0.2, 0.25) is 5.82 Å². The number of hydrazone groups is 1. The van der Waals surface area contributed by atoms with Crippen LogP contribution in [0.5, 0.6) is 0 Å². The zero-order valence-electron chi connectivity index (χ0n) is 17.3. The van der Waals surface area contributed by atoms with Crippen LogP contribution in [0.1, 0.15) is 36.7 Å². The number of nitrogens with zero attached hydrogens (tertiary/aromatic N) is 5. The van der Waals surface area contributed by atoms with E-state index in [2.05, 4.69) is 27.3 Å². The van der Waals surface area contributed by atoms with Gasteiger partial charge < -0.3 is 20.1 Å². The third kappa shape index (κ3) is 6.19. The Labute approximate surface area is 186 Å². The third-order valence-electron chi connectivity index (χ3n) is 5.18. The van der Waals surface area contributed by atoms with E-state index in [-0.39, 0.29) is 19.0 Å². The SMILES string of the molecule is CC1CCN(C(=S)N/N=C/c2ccc(/C=C/c3ncc([N+](=O)[O-])n3CCO)cc2)CC1. The predicted octanol–water partition coefficient (Wildman–Crippen LogP) is 2.89. The fraction of sp³-hybridized carbons (Fsp3) is 0.381. The highest BCUT2D eigenvalue weighted by molar-refractivity contribution is 7.80. The van der Waals surface area contributed by atoms with E-state index in [1.165, 1.54) is 10.8 Å². The van der Waals surface area contributed by atoms with Gasteiger partial charge >= 0.3 is 5.82 Å². The summed E-state index contributed by atoms with van der Waals surface area (Å²) in [6.07, 6.45) is 8.69. The largest absolute Gasteiger partial charge is 0.392 e. The maximum atomic E-state index is 11.1. The second-order valence-corrected chi connectivity index (χ2v) is 7.84. The van der Waals surface area contributed by atoms with E-state index < -0.39 is 4.92 Å². The van der Waals surface area contributed by atoms with Gasteiger partial charge in [0.1, 0.15) is 12.7 Å². The van der Waals surface area contributed by atoms with Crippen LogP contribution in [-0.4, -0.2) is 55.5 Å². The number of aliphatic hydroxyl groups is 1. The molecule has 0 atom stereocenters. The Hall–Kier alpha value is -3.11. The molecule has 2 aromatic rings. The molecule has 3 rings (SSSR count). The van der Waals surface area contributed by atoms with Gasteiger partial charge in [0, 0.05) is 19.2 Å². The summed E-state index contributed by atoms with van der Waals surface area (Å²) in [5.41, 5.74) is 4.75. The predicted molar refractivity (Wildman–Crippen MR) is 125 cm³/mol. The topological polar surface area (TPSA) is 109 Å². The van der Waals surface area contributed by atoms with E-state index >= 15 is 0 Å². The summed E-state index contributed by atoms with van der Waals surface area (Å²) in [4.78, 5) is 16.8. The van der Waals surface area contributed by atoms with Crippen molar-refractivity contribution in [3.8, 4) is 0 Å². The summed E-state index contributed by atoms with van der Waals surface area (Å²) in [5.74, 6) is 1.01. The van der Waals surface area contributed by atoms with Crippen molar-refractivity contribution < 1.29 is 10.0 Å². The number of benzene rings is 1. The number of hydrogen-bond donors (Lipinski definition) is 2. The van der Waals surface area contributed by atoms with Gasteiger partial charge in [0.15, 0.2) is 5.11 Å². The van der Waals surface area contributed by atoms with E-state index in [1.807, 2.05) is 30.3 Å². The first kappa shape index (κ1) is 22.6. The van der Waals surface area contributed by atoms with Crippen molar-refractivity contribution in [3.05, 3.63) is 57.5 Å². The number of hydrogen-bond acceptors (Lipinski definition) is 6. The molecular weight excluding hydrogens is 416 g/mol. The second kappa shape index (κ2) is 10.8. The van der Waals surface area contributed by atoms with Crippen LogP contribution < -0.4 is 5.43 Å². The lowest BCUT2D eigenvalue weighted by Crippen LogP contribution is -2.42. The first-order valence-corrected chi connectivity index (χ1v) is 10.6. The number of nitro groups is 1. The Kier molecular flexibility index (Phi) is 7.85. The van der Waals surface area contributed by atoms with E-state index in [0.29, 0.717) is 10.9 Å². The lowest BCUT2D eigenvalue weighted by atomic mass is 10.00. The minimum atomic E-state index is -0.514. The van der Waals surface area contributed by atoms with Gasteiger partial charge in [-0.25, -0.2) is 9.55 Å². The van der Waals surface area contributed by atoms with Gasteiger partial charge in [-0.1, -0.05) is 31.2 Å². The van der Waals surface area contributed by atoms with Gasteiger partial charge in [-0.05, 0) is 53.1 Å². The summed E-state index contributed by atoms with van der Waals surface area (Å²) in [6.45, 7) is 4.08. The molecule has 2 N–H and O–H groups in total. The molecule has 1 aromatic carbocycles. The highest BCUT2D eigenvalue weighted by Crippen LogP contribution is 2.17. The maximum Gasteiger partial charge on any atom is 0.343 e. The van der Waals surface area contributed by atoms with Gasteiger partial charge in [0.25, 0.3) is 0 Å². The quantitative estimate of drug-likeness (QED) is 0.294. The van der Waals surface area contributed by atoms with Crippen molar-refractivity contribution in [2.45, 2.75) is 26.3 Å². The molecule has 9 nitrogen and oxygen atoms in total. The van der Waals surface area contributed by atoms with Gasteiger partial charge in [-0.15, -0.1) is 0 Å². The molecule has 0 saturated carbocycles. The van der Waals surface area contributed by atoms with Crippen LogP contribution in [0.25, 0.3) is 12.2 Å². The van der Waals surface area contributed by atoms with E-state index in [4.69, 9.17) is 17.3 Å². The van der Waals surface area contributed by atoms with Crippen LogP contribution in [0.15, 0.2) is 35.6 Å². The molecule has 1 aromatic heterocycles. The number of thiocarbonyl (C=S) groups is 1. The highest BCUT2D eigenvalue weighted by atomic mass is 32.1. The van der Waals surface area contributed by atoms with E-state index in [0.717, 1.165) is 43.0 Å². The molecule has 0 unspecified atom stereocenters. The maximum absolute atomic E-state index is 11.1. The molecule has 2 heterocycles. The number of nitrogens with one attached hydrogen (secondary N) is 1. The summed E-state index contributed by atoms with van der Waals surface area (Å²) in [5, 5.41) is 25.1. The van der Waals surface area contributed by atoms with Gasteiger partial charge in [-0.3, -0.25) is 5.43 Å². The number of aromatic nitrogens is 2. The smallest absolute Gasteiger partial charge is 0.343 e. The molecule has 1 fully saturated rings. The molecule has 0 spiro atoms. The number of piperidine rings is 1. The first-order valence-electron chi connectivity index (χ1n) is 10.1. The summed E-state index contributed by atoms with van der Waals surface area (Å²) >= 11 is 5.40. The van der Waals surface area contributed by atoms with E-state index in [9.17, 15) is 10.1 Å². The summed E-state index contributed by atoms with van der Waals surface area (Å²) in [7, 11) is 0. The minimum Gasteiger partial charge on any atom is -0.392 e. The van der Waals surface area contributed by atoms with Gasteiger partial charge in [0.05, 0.1) is 12.8 Å². The summed E-state index contributed by atoms with van der Waals surface area (Å²) in [6, 6.07) is 7.66. The van der Waals surface area contributed by atoms with Crippen LogP contribution >= 0.6 is 12.2 Å². The fourth-order valence-electron chi connectivity index (χ4n) is 3.30. The van der Waals surface area contributed by atoms with E-state index in [1.54, 1.807) is 12.3 Å². The van der Waals surface area contributed by atoms with Crippen molar-refractivity contribution in [1.82, 2.24) is 19.9 Å². The lowest BCUT2D eigenvalue weighted by Gasteiger charge is -2.31. The van der Waals surface area contributed by atoms with Crippen LogP contribution in [0, 0.1) is 16.0 Å². The molecule has 0 bridgehead atoms. The first-order chi connectivity index (χ1) is 15.0. The van der Waals surface area contributed by atoms with Gasteiger partial charge in [-0.2, -0.15) is 5.10 Å². The standard InChI is InChI=1S/C21H26N6O3S/c1-16-8-10-25(11-9-16)21(31)24-23-14-18-4-2-17(3-5-18)6-7-19-22-15-20(27(29)30)26(19)12-13-28/h2-7,14-16,28H,8-13H2,1H3,(H,24,31)/b7-6+,23-14+. The zero-order chi connectivity index (χ0) is 22.2. The Morgan fingerprint density at radius 3 is 2.65 bits per heavy atom. The second-order valence-electron chi connectivity index (χ2n) is 7.45. The molecule has 10 heteroatoms. The Morgan fingerprint density at radius 2 is 2.00 bits per heavy atom. The molecular formula is C21H26N6O3S. The summed E-state index contributed by atoms with van der Waals surface area (Å²) < 4.78 is 1.37. The van der Waals surface area contributed by atoms with Crippen molar-refractivity contribution in [2.75, 3.05) is 19.7 Å². The molecule has 1 aliphatic heterocycles. The zero-order valence-corrected chi connectivity index (χ0v) is 18.2. The van der Waals surface area contributed by atoms with Crippen LogP contribution in [0.4, 0.5) is 5.82 Å². The molecule has 31 heavy (non-hydrogen) atoms. The normalized spacial score (nSPS) is 15.1. The highest BCUT2D eigenvalue weighted by Gasteiger charge is 2.18. The van der Waals surface area contributed by atoms with Crippen LogP contribution in [-0.2, 0) is 6.54 Å². The van der Waals surface area contributed by atoms with Crippen LogP contribution in [0.3, 0.4) is 0 Å². The van der Waals surface area contributed by atoms with Crippen molar-refractivity contribution in [3.63, 3.8) is 0 Å². The monoisotopic (exact) mass is 442 g/mol. The van der Waals surface area contributed by atoms with Crippen molar-refractivity contribution in [1.29, 1.82) is 0 Å². The van der Waals surface area contributed by atoms with Crippen molar-refractivity contribution in [2.24, 2.45) is 11.0 Å². The Bertz CT molecular complexity index is 962. The molecule has 164 valence electrons. The minimum absolute atomic E-state index is 0.108. The lowest BCUT2D eigenvalue weighted by molar-refractivity contribution is -0.392. The molecule has 1 saturated heterocycles. The molecule has 0 aliphatic carbocycles. The van der Waals surface area contributed by atoms with Crippen LogP contribution in [0.2, 0.25) is 0 Å². The fourth-order valence-corrected chi connectivity index (χ4v) is 3.53. The Morgan fingerprint density at radius 1 is 1.32 bits per heavy atom. The third-order valence-corrected chi connectivity index (χ3v) is 5.53. The molecule has 0 radical (unpaired) electrons. The average molecular weight is 443 g/mol. The average Bonchev–Trinajstić information content (AvgIpc) is 3.17. The molecule has 0 amide bonds. The number of likely N-dealkylation sites (tertiary alicyclic amines) is 1. The number of imidazole rings is 1. The number of rotatable bonds is 7.